The number of rotatable bonds is 4. The molecule has 0 amide bonds. The first-order chi connectivity index (χ1) is 10.8. The van der Waals surface area contributed by atoms with E-state index in [0.29, 0.717) is 5.56 Å². The SMILES string of the molecule is COc1cccc(-c2c(C=O)ccc3ccc(OC)cc23)c1. The average molecular weight is 292 g/mol. The van der Waals surface area contributed by atoms with Gasteiger partial charge in [-0.25, -0.2) is 0 Å². The highest BCUT2D eigenvalue weighted by atomic mass is 16.5. The van der Waals surface area contributed by atoms with Gasteiger partial charge < -0.3 is 9.47 Å². The molecule has 0 aliphatic carbocycles. The number of aldehydes is 1. The summed E-state index contributed by atoms with van der Waals surface area (Å²) in [4.78, 5) is 11.5. The second kappa shape index (κ2) is 5.90. The zero-order valence-corrected chi connectivity index (χ0v) is 12.5. The van der Waals surface area contributed by atoms with Gasteiger partial charge in [0.25, 0.3) is 0 Å². The molecular formula is C19H16O3. The maximum atomic E-state index is 11.5. The summed E-state index contributed by atoms with van der Waals surface area (Å²) >= 11 is 0. The maximum absolute atomic E-state index is 11.5. The van der Waals surface area contributed by atoms with E-state index in [2.05, 4.69) is 0 Å². The van der Waals surface area contributed by atoms with E-state index >= 15 is 0 Å². The fraction of sp³-hybridized carbons (Fsp3) is 0.105. The summed E-state index contributed by atoms with van der Waals surface area (Å²) in [5.41, 5.74) is 2.49. The minimum Gasteiger partial charge on any atom is -0.497 e. The van der Waals surface area contributed by atoms with E-state index in [9.17, 15) is 4.79 Å². The Labute approximate surface area is 129 Å². The fourth-order valence-corrected chi connectivity index (χ4v) is 2.64. The number of benzene rings is 3. The molecule has 0 N–H and O–H groups in total. The monoisotopic (exact) mass is 292 g/mol. The van der Waals surface area contributed by atoms with Crippen LogP contribution in [0.5, 0.6) is 11.5 Å². The molecule has 0 aliphatic rings. The lowest BCUT2D eigenvalue weighted by Gasteiger charge is -2.12. The van der Waals surface area contributed by atoms with Crippen molar-refractivity contribution in [1.29, 1.82) is 0 Å². The molecule has 0 saturated carbocycles. The van der Waals surface area contributed by atoms with E-state index in [0.717, 1.165) is 39.7 Å². The van der Waals surface area contributed by atoms with Crippen molar-refractivity contribution in [3.63, 3.8) is 0 Å². The highest BCUT2D eigenvalue weighted by molar-refractivity contribution is 6.05. The molecule has 0 saturated heterocycles. The summed E-state index contributed by atoms with van der Waals surface area (Å²) in [6, 6.07) is 17.4. The molecule has 0 atom stereocenters. The lowest BCUT2D eigenvalue weighted by atomic mass is 9.93. The third kappa shape index (κ3) is 2.42. The minimum absolute atomic E-state index is 0.647. The van der Waals surface area contributed by atoms with Gasteiger partial charge in [0, 0.05) is 11.1 Å². The van der Waals surface area contributed by atoms with Crippen LogP contribution in [0.2, 0.25) is 0 Å². The van der Waals surface area contributed by atoms with E-state index < -0.39 is 0 Å². The predicted molar refractivity (Wildman–Crippen MR) is 87.9 cm³/mol. The second-order valence-corrected chi connectivity index (χ2v) is 4.97. The molecule has 3 aromatic carbocycles. The number of hydrogen-bond acceptors (Lipinski definition) is 3. The van der Waals surface area contributed by atoms with E-state index in [1.54, 1.807) is 14.2 Å². The molecule has 3 aromatic rings. The van der Waals surface area contributed by atoms with Gasteiger partial charge in [-0.05, 0) is 40.6 Å². The smallest absolute Gasteiger partial charge is 0.150 e. The summed E-state index contributed by atoms with van der Waals surface area (Å²) in [5.74, 6) is 1.52. The molecule has 0 aliphatic heterocycles. The quantitative estimate of drug-likeness (QED) is 0.671. The number of carbonyl (C=O) groups is 1. The number of ether oxygens (including phenoxy) is 2. The van der Waals surface area contributed by atoms with E-state index in [-0.39, 0.29) is 0 Å². The van der Waals surface area contributed by atoms with E-state index in [1.165, 1.54) is 0 Å². The zero-order chi connectivity index (χ0) is 15.5. The van der Waals surface area contributed by atoms with Crippen molar-refractivity contribution in [3.8, 4) is 22.6 Å². The first kappa shape index (κ1) is 14.1. The largest absolute Gasteiger partial charge is 0.497 e. The Morgan fingerprint density at radius 1 is 0.864 bits per heavy atom. The van der Waals surface area contributed by atoms with Gasteiger partial charge in [-0.2, -0.15) is 0 Å². The van der Waals surface area contributed by atoms with Crippen LogP contribution in [0.4, 0.5) is 0 Å². The van der Waals surface area contributed by atoms with Crippen LogP contribution in [0.15, 0.2) is 54.6 Å². The van der Waals surface area contributed by atoms with Crippen LogP contribution >= 0.6 is 0 Å². The number of carbonyl (C=O) groups excluding carboxylic acids is 1. The Balaban J connectivity index is 2.35. The molecule has 0 spiro atoms. The van der Waals surface area contributed by atoms with Crippen molar-refractivity contribution < 1.29 is 14.3 Å². The third-order valence-corrected chi connectivity index (χ3v) is 3.75. The molecule has 3 heteroatoms. The molecule has 0 radical (unpaired) electrons. The number of methoxy groups -OCH3 is 2. The summed E-state index contributed by atoms with van der Waals surface area (Å²) < 4.78 is 10.6. The Bertz CT molecular complexity index is 837. The first-order valence-electron chi connectivity index (χ1n) is 6.97. The second-order valence-electron chi connectivity index (χ2n) is 4.97. The van der Waals surface area contributed by atoms with Gasteiger partial charge in [0.2, 0.25) is 0 Å². The molecule has 3 nitrogen and oxygen atoms in total. The normalized spacial score (nSPS) is 10.5. The van der Waals surface area contributed by atoms with Crippen molar-refractivity contribution in [1.82, 2.24) is 0 Å². The lowest BCUT2D eigenvalue weighted by molar-refractivity contribution is 0.112. The highest BCUT2D eigenvalue weighted by Gasteiger charge is 2.11. The van der Waals surface area contributed by atoms with Crippen LogP contribution in [0.1, 0.15) is 10.4 Å². The molecular weight excluding hydrogens is 276 g/mol. The van der Waals surface area contributed by atoms with Crippen LogP contribution < -0.4 is 9.47 Å². The van der Waals surface area contributed by atoms with Gasteiger partial charge in [-0.15, -0.1) is 0 Å². The van der Waals surface area contributed by atoms with Crippen LogP contribution in [-0.4, -0.2) is 20.5 Å². The maximum Gasteiger partial charge on any atom is 0.150 e. The summed E-state index contributed by atoms with van der Waals surface area (Å²) in [6.45, 7) is 0. The van der Waals surface area contributed by atoms with Crippen molar-refractivity contribution in [2.45, 2.75) is 0 Å². The Morgan fingerprint density at radius 2 is 1.59 bits per heavy atom. The van der Waals surface area contributed by atoms with E-state index in [4.69, 9.17) is 9.47 Å². The highest BCUT2D eigenvalue weighted by Crippen LogP contribution is 2.35. The third-order valence-electron chi connectivity index (χ3n) is 3.75. The van der Waals surface area contributed by atoms with Crippen molar-refractivity contribution >= 4 is 17.1 Å². The van der Waals surface area contributed by atoms with Gasteiger partial charge in [0.15, 0.2) is 6.29 Å². The van der Waals surface area contributed by atoms with Crippen LogP contribution in [0.3, 0.4) is 0 Å². The predicted octanol–water partition coefficient (Wildman–Crippen LogP) is 4.34. The van der Waals surface area contributed by atoms with Gasteiger partial charge in [0.05, 0.1) is 14.2 Å². The zero-order valence-electron chi connectivity index (χ0n) is 12.5. The first-order valence-corrected chi connectivity index (χ1v) is 6.97. The fourth-order valence-electron chi connectivity index (χ4n) is 2.64. The average Bonchev–Trinajstić information content (AvgIpc) is 2.60. The number of hydrogen-bond donors (Lipinski definition) is 0. The molecule has 3 rings (SSSR count). The van der Waals surface area contributed by atoms with E-state index in [1.807, 2.05) is 54.6 Å². The Kier molecular flexibility index (Phi) is 3.79. The van der Waals surface area contributed by atoms with Crippen LogP contribution in [0.25, 0.3) is 21.9 Å². The molecule has 0 heterocycles. The van der Waals surface area contributed by atoms with Crippen LogP contribution in [0, 0.1) is 0 Å². The minimum atomic E-state index is 0.647. The van der Waals surface area contributed by atoms with Crippen molar-refractivity contribution in [2.24, 2.45) is 0 Å². The summed E-state index contributed by atoms with van der Waals surface area (Å²) in [5, 5.41) is 2.04. The topological polar surface area (TPSA) is 35.5 Å². The van der Waals surface area contributed by atoms with Gasteiger partial charge in [-0.1, -0.05) is 30.3 Å². The lowest BCUT2D eigenvalue weighted by Crippen LogP contribution is -1.92. The molecule has 22 heavy (non-hydrogen) atoms. The number of fused-ring (bicyclic) bond motifs is 1. The summed E-state index contributed by atoms with van der Waals surface area (Å²) in [7, 11) is 3.27. The van der Waals surface area contributed by atoms with Crippen molar-refractivity contribution in [2.75, 3.05) is 14.2 Å². The standard InChI is InChI=1S/C19H16O3/c1-21-16-5-3-4-14(10-16)19-15(12-20)7-6-13-8-9-17(22-2)11-18(13)19/h3-12H,1-2H3. The van der Waals surface area contributed by atoms with Gasteiger partial charge in [0.1, 0.15) is 11.5 Å². The van der Waals surface area contributed by atoms with Crippen LogP contribution in [-0.2, 0) is 0 Å². The van der Waals surface area contributed by atoms with Gasteiger partial charge >= 0.3 is 0 Å². The Morgan fingerprint density at radius 3 is 2.32 bits per heavy atom. The van der Waals surface area contributed by atoms with Gasteiger partial charge in [-0.3, -0.25) is 4.79 Å². The summed E-state index contributed by atoms with van der Waals surface area (Å²) in [6.07, 6.45) is 0.883. The molecule has 110 valence electrons. The molecule has 0 aromatic heterocycles. The Hall–Kier alpha value is -2.81. The molecule has 0 unspecified atom stereocenters. The van der Waals surface area contributed by atoms with Crippen molar-refractivity contribution in [3.05, 3.63) is 60.2 Å². The molecule has 0 bridgehead atoms. The molecule has 0 fully saturated rings.